The minimum absolute atomic E-state index is 0.0116. The molecule has 6 rings (SSSR count). The molecule has 2 heterocycles. The number of hydrogen-bond acceptors (Lipinski definition) is 8. The third kappa shape index (κ3) is 8.46. The number of urea groups is 1. The molecule has 5 aromatic rings. The highest BCUT2D eigenvalue weighted by atomic mass is 32.2. The molecule has 0 aliphatic carbocycles. The van der Waals surface area contributed by atoms with Gasteiger partial charge in [-0.05, 0) is 65.7 Å². The summed E-state index contributed by atoms with van der Waals surface area (Å²) in [5.41, 5.74) is 3.95. The lowest BCUT2D eigenvalue weighted by atomic mass is 10.0. The van der Waals surface area contributed by atoms with Crippen molar-refractivity contribution in [2.24, 2.45) is 0 Å². The van der Waals surface area contributed by atoms with Gasteiger partial charge in [0, 0.05) is 41.5 Å². The smallest absolute Gasteiger partial charge is 0.323 e. The predicted molar refractivity (Wildman–Crippen MR) is 173 cm³/mol. The van der Waals surface area contributed by atoms with Crippen molar-refractivity contribution < 1.29 is 24.1 Å². The van der Waals surface area contributed by atoms with Gasteiger partial charge >= 0.3 is 6.03 Å². The maximum Gasteiger partial charge on any atom is 0.323 e. The summed E-state index contributed by atoms with van der Waals surface area (Å²) in [6.07, 6.45) is 3.18. The highest BCUT2D eigenvalue weighted by molar-refractivity contribution is 7.99. The zero-order valence-corrected chi connectivity index (χ0v) is 25.1. The Morgan fingerprint density at radius 3 is 2.07 bits per heavy atom. The number of nitrogens with one attached hydrogen (secondary N) is 2. The van der Waals surface area contributed by atoms with Gasteiger partial charge in [-0.25, -0.2) is 14.8 Å². The number of nitrogens with zero attached hydrogens (tertiary/aromatic N) is 2. The summed E-state index contributed by atoms with van der Waals surface area (Å²) < 4.78 is 18.6. The lowest BCUT2D eigenvalue weighted by Gasteiger charge is -2.36. The lowest BCUT2D eigenvalue weighted by Crippen LogP contribution is -2.31. The first-order valence-corrected chi connectivity index (χ1v) is 15.5. The average Bonchev–Trinajstić information content (AvgIpc) is 3.09. The van der Waals surface area contributed by atoms with Crippen LogP contribution in [0.4, 0.5) is 16.2 Å². The van der Waals surface area contributed by atoms with Crippen LogP contribution >= 0.6 is 11.8 Å². The first-order chi connectivity index (χ1) is 22.1. The Kier molecular flexibility index (Phi) is 9.98. The van der Waals surface area contributed by atoms with Gasteiger partial charge in [0.15, 0.2) is 11.4 Å². The van der Waals surface area contributed by atoms with Crippen LogP contribution in [0.1, 0.15) is 35.5 Å². The van der Waals surface area contributed by atoms with E-state index in [0.717, 1.165) is 22.4 Å². The third-order valence-electron chi connectivity index (χ3n) is 7.09. The van der Waals surface area contributed by atoms with E-state index in [9.17, 15) is 9.90 Å². The summed E-state index contributed by atoms with van der Waals surface area (Å²) in [7, 11) is 0. The Hall–Kier alpha value is -4.74. The number of ether oxygens (including phenoxy) is 3. The maximum absolute atomic E-state index is 12.7. The van der Waals surface area contributed by atoms with Gasteiger partial charge in [-0.2, -0.15) is 0 Å². The first-order valence-electron chi connectivity index (χ1n) is 14.5. The van der Waals surface area contributed by atoms with E-state index >= 15 is 0 Å². The quantitative estimate of drug-likeness (QED) is 0.107. The number of carbonyl (C=O) groups is 1. The fourth-order valence-corrected chi connectivity index (χ4v) is 5.62. The molecule has 3 atom stereocenters. The van der Waals surface area contributed by atoms with E-state index in [1.54, 1.807) is 54.5 Å². The molecule has 45 heavy (non-hydrogen) atoms. The zero-order chi connectivity index (χ0) is 30.8. The Balaban J connectivity index is 1.08. The van der Waals surface area contributed by atoms with E-state index in [2.05, 4.69) is 20.6 Å². The molecule has 1 aliphatic rings. The number of aliphatic hydroxyl groups excluding tert-OH is 1. The van der Waals surface area contributed by atoms with Gasteiger partial charge in [0.25, 0.3) is 0 Å². The molecule has 0 radical (unpaired) electrons. The van der Waals surface area contributed by atoms with Gasteiger partial charge in [-0.15, -0.1) is 0 Å². The van der Waals surface area contributed by atoms with Crippen LogP contribution < -0.4 is 15.4 Å². The first kappa shape index (κ1) is 30.3. The molecule has 1 fully saturated rings. The van der Waals surface area contributed by atoms with Crippen LogP contribution in [-0.2, 0) is 16.1 Å². The summed E-state index contributed by atoms with van der Waals surface area (Å²) in [6, 6.07) is 33.3. The van der Waals surface area contributed by atoms with Gasteiger partial charge in [0.05, 0.1) is 18.8 Å². The van der Waals surface area contributed by atoms with Crippen molar-refractivity contribution in [3.8, 4) is 11.5 Å². The fraction of sp³-hybridized carbons (Fsp3) is 0.171. The van der Waals surface area contributed by atoms with Crippen LogP contribution in [0.5, 0.6) is 11.5 Å². The number of hydrogen-bond donors (Lipinski definition) is 3. The normalized spacial score (nSPS) is 17.8. The summed E-state index contributed by atoms with van der Waals surface area (Å²) in [5.74, 6) is 2.08. The predicted octanol–water partition coefficient (Wildman–Crippen LogP) is 7.74. The molecule has 0 spiro atoms. The second kappa shape index (κ2) is 14.8. The van der Waals surface area contributed by atoms with Gasteiger partial charge < -0.3 is 30.0 Å². The molecule has 2 amide bonds. The lowest BCUT2D eigenvalue weighted by molar-refractivity contribution is -0.245. The molecular weight excluding hydrogens is 588 g/mol. The van der Waals surface area contributed by atoms with Crippen LogP contribution in [0.25, 0.3) is 0 Å². The number of aromatic nitrogens is 2. The molecule has 1 aromatic heterocycles. The molecule has 228 valence electrons. The van der Waals surface area contributed by atoms with Crippen LogP contribution in [-0.4, -0.2) is 33.0 Å². The van der Waals surface area contributed by atoms with E-state index in [1.807, 2.05) is 78.9 Å². The van der Waals surface area contributed by atoms with Crippen molar-refractivity contribution in [3.63, 3.8) is 0 Å². The Labute approximate surface area is 265 Å². The number of para-hydroxylation sites is 1. The number of aliphatic hydroxyl groups is 1. The largest absolute Gasteiger partial charge is 0.457 e. The van der Waals surface area contributed by atoms with E-state index in [0.29, 0.717) is 34.5 Å². The van der Waals surface area contributed by atoms with Crippen LogP contribution in [0.2, 0.25) is 0 Å². The highest BCUT2D eigenvalue weighted by Gasteiger charge is 2.32. The Morgan fingerprint density at radius 2 is 1.40 bits per heavy atom. The maximum atomic E-state index is 12.7. The molecule has 3 unspecified atom stereocenters. The summed E-state index contributed by atoms with van der Waals surface area (Å²) >= 11 is 1.54. The number of carbonyl (C=O) groups excluding carboxylic acids is 1. The standard InChI is InChI=1S/C35H32N4O5S/c40-22-24-7-9-25(10-8-24)32-21-31(23-45-35-36-19-4-20-37-35)43-33(44-32)26-11-13-27(14-12-26)38-34(41)39-28-15-17-30(18-16-28)42-29-5-2-1-3-6-29/h1-20,31-33,40H,21-23H2,(H2,38,39,41). The summed E-state index contributed by atoms with van der Waals surface area (Å²) in [5, 5.41) is 15.9. The SMILES string of the molecule is O=C(Nc1ccc(Oc2ccccc2)cc1)Nc1ccc(C2OC(CSc3ncccn3)CC(c3ccc(CO)cc3)O2)cc1. The second-order valence-corrected chi connectivity index (χ2v) is 11.3. The molecule has 0 saturated carbocycles. The number of thioether (sulfide) groups is 1. The van der Waals surface area contributed by atoms with Gasteiger partial charge in [-0.3, -0.25) is 0 Å². The number of rotatable bonds is 10. The molecule has 4 aromatic carbocycles. The van der Waals surface area contributed by atoms with Crippen LogP contribution in [0.15, 0.2) is 127 Å². The minimum atomic E-state index is -0.608. The Bertz CT molecular complexity index is 1660. The van der Waals surface area contributed by atoms with E-state index in [4.69, 9.17) is 14.2 Å². The van der Waals surface area contributed by atoms with Crippen molar-refractivity contribution in [1.82, 2.24) is 9.97 Å². The third-order valence-corrected chi connectivity index (χ3v) is 8.09. The number of anilines is 2. The molecular formula is C35H32N4O5S. The summed E-state index contributed by atoms with van der Waals surface area (Å²) in [6.45, 7) is -0.0116. The monoisotopic (exact) mass is 620 g/mol. The zero-order valence-electron chi connectivity index (χ0n) is 24.3. The highest BCUT2D eigenvalue weighted by Crippen LogP contribution is 2.39. The molecule has 3 N–H and O–H groups in total. The molecule has 1 aliphatic heterocycles. The van der Waals surface area contributed by atoms with Crippen molar-refractivity contribution in [2.75, 3.05) is 16.4 Å². The van der Waals surface area contributed by atoms with E-state index in [1.165, 1.54) is 0 Å². The average molecular weight is 621 g/mol. The Morgan fingerprint density at radius 1 is 0.778 bits per heavy atom. The molecule has 0 bridgehead atoms. The van der Waals surface area contributed by atoms with Gasteiger partial charge in [0.2, 0.25) is 0 Å². The summed E-state index contributed by atoms with van der Waals surface area (Å²) in [4.78, 5) is 21.3. The van der Waals surface area contributed by atoms with Crippen LogP contribution in [0, 0.1) is 0 Å². The molecule has 1 saturated heterocycles. The van der Waals surface area contributed by atoms with E-state index < -0.39 is 6.29 Å². The molecule has 10 heteroatoms. The van der Waals surface area contributed by atoms with Crippen LogP contribution in [0.3, 0.4) is 0 Å². The van der Waals surface area contributed by atoms with Crippen molar-refractivity contribution in [1.29, 1.82) is 0 Å². The second-order valence-electron chi connectivity index (χ2n) is 10.3. The van der Waals surface area contributed by atoms with Crippen molar-refractivity contribution in [2.45, 2.75) is 36.7 Å². The number of benzene rings is 4. The van der Waals surface area contributed by atoms with Crippen molar-refractivity contribution in [3.05, 3.63) is 138 Å². The minimum Gasteiger partial charge on any atom is -0.457 e. The topological polar surface area (TPSA) is 115 Å². The fourth-order valence-electron chi connectivity index (χ4n) is 4.80. The number of amides is 2. The van der Waals surface area contributed by atoms with Gasteiger partial charge in [-0.1, -0.05) is 66.4 Å². The van der Waals surface area contributed by atoms with E-state index in [-0.39, 0.29) is 24.8 Å². The van der Waals surface area contributed by atoms with Crippen molar-refractivity contribution >= 4 is 29.2 Å². The van der Waals surface area contributed by atoms with Gasteiger partial charge in [0.1, 0.15) is 11.5 Å². The molecule has 9 nitrogen and oxygen atoms in total.